The van der Waals surface area contributed by atoms with Gasteiger partial charge in [-0.25, -0.2) is 0 Å². The van der Waals surface area contributed by atoms with Gasteiger partial charge in [0, 0.05) is 0 Å². The molecule has 0 aromatic heterocycles. The van der Waals surface area contributed by atoms with Gasteiger partial charge in [-0.15, -0.1) is 0 Å². The molecule has 0 fully saturated rings. The first-order valence-electron chi connectivity index (χ1n) is 5.54. The molecule has 1 aromatic carbocycles. The summed E-state index contributed by atoms with van der Waals surface area (Å²) < 4.78 is 0.829. The maximum atomic E-state index is 10.2. The number of aliphatic hydroxyl groups is 1. The summed E-state index contributed by atoms with van der Waals surface area (Å²) in [5, 5.41) is 10.2. The molecule has 2 heteroatoms. The van der Waals surface area contributed by atoms with Crippen LogP contribution in [-0.4, -0.2) is 36.3 Å². The van der Waals surface area contributed by atoms with Gasteiger partial charge in [-0.2, -0.15) is 0 Å². The van der Waals surface area contributed by atoms with Gasteiger partial charge in [0.1, 0.15) is 12.1 Å². The van der Waals surface area contributed by atoms with Crippen molar-refractivity contribution in [3.63, 3.8) is 0 Å². The summed E-state index contributed by atoms with van der Waals surface area (Å²) in [5.41, 5.74) is 1.00. The molecule has 0 saturated heterocycles. The van der Waals surface area contributed by atoms with Crippen LogP contribution in [0.2, 0.25) is 0 Å². The maximum Gasteiger partial charge on any atom is 0.130 e. The Morgan fingerprint density at radius 2 is 1.73 bits per heavy atom. The van der Waals surface area contributed by atoms with E-state index in [9.17, 15) is 5.11 Å². The number of hydrogen-bond donors (Lipinski definition) is 1. The summed E-state index contributed by atoms with van der Waals surface area (Å²) in [6.07, 6.45) is -0.388. The monoisotopic (exact) mass is 208 g/mol. The van der Waals surface area contributed by atoms with Gasteiger partial charge < -0.3 is 9.59 Å². The summed E-state index contributed by atoms with van der Waals surface area (Å²) in [7, 11) is 4.30. The van der Waals surface area contributed by atoms with Crippen LogP contribution in [0.15, 0.2) is 30.3 Å². The lowest BCUT2D eigenvalue weighted by atomic mass is 10.0. The van der Waals surface area contributed by atoms with E-state index < -0.39 is 0 Å². The van der Waals surface area contributed by atoms with E-state index in [0.29, 0.717) is 0 Å². The molecule has 1 aromatic rings. The quantitative estimate of drug-likeness (QED) is 0.752. The number of quaternary nitrogens is 1. The summed E-state index contributed by atoms with van der Waals surface area (Å²) in [6.45, 7) is 5.26. The van der Waals surface area contributed by atoms with Crippen molar-refractivity contribution >= 4 is 0 Å². The number of aliphatic hydroxyl groups excluding tert-OH is 1. The molecule has 1 N–H and O–H groups in total. The van der Waals surface area contributed by atoms with E-state index in [0.717, 1.165) is 16.6 Å². The number of benzene rings is 1. The predicted molar refractivity (Wildman–Crippen MR) is 63.5 cm³/mol. The molecule has 0 spiro atoms. The van der Waals surface area contributed by atoms with Crippen LogP contribution in [0.3, 0.4) is 0 Å². The lowest BCUT2D eigenvalue weighted by Crippen LogP contribution is -2.49. The molecule has 15 heavy (non-hydrogen) atoms. The zero-order valence-electron chi connectivity index (χ0n) is 10.1. The van der Waals surface area contributed by atoms with E-state index in [1.165, 1.54) is 0 Å². The molecule has 0 bridgehead atoms. The molecule has 84 valence electrons. The molecule has 0 saturated carbocycles. The van der Waals surface area contributed by atoms with Crippen LogP contribution < -0.4 is 0 Å². The van der Waals surface area contributed by atoms with Crippen molar-refractivity contribution in [2.24, 2.45) is 0 Å². The van der Waals surface area contributed by atoms with Gasteiger partial charge in [0.15, 0.2) is 0 Å². The second-order valence-corrected chi connectivity index (χ2v) is 4.69. The third-order valence-electron chi connectivity index (χ3n) is 3.52. The fraction of sp³-hybridized carbons (Fsp3) is 0.538. The summed E-state index contributed by atoms with van der Waals surface area (Å²) in [5.74, 6) is 0. The molecule has 0 aliphatic carbocycles. The van der Waals surface area contributed by atoms with Crippen molar-refractivity contribution in [3.8, 4) is 0 Å². The van der Waals surface area contributed by atoms with Crippen molar-refractivity contribution < 1.29 is 9.59 Å². The van der Waals surface area contributed by atoms with Gasteiger partial charge in [-0.3, -0.25) is 0 Å². The molecular formula is C13H22NO+. The number of hydrogen-bond acceptors (Lipinski definition) is 1. The minimum absolute atomic E-state index is 0.206. The highest BCUT2D eigenvalue weighted by Crippen LogP contribution is 2.23. The molecule has 0 unspecified atom stereocenters. The second-order valence-electron chi connectivity index (χ2n) is 4.69. The van der Waals surface area contributed by atoms with Crippen LogP contribution in [0.1, 0.15) is 25.5 Å². The van der Waals surface area contributed by atoms with E-state index in [2.05, 4.69) is 27.9 Å². The standard InChI is InChI=1S/C13H22NO/c1-5-14(3,4)11(2)13(15)12-9-7-6-8-10-12/h6-11,13,15H,5H2,1-4H3/q+1/t11-,13-/m0/s1. The topological polar surface area (TPSA) is 20.2 Å². The predicted octanol–water partition coefficient (Wildman–Crippen LogP) is 2.20. The minimum Gasteiger partial charge on any atom is -0.382 e. The molecule has 2 nitrogen and oxygen atoms in total. The molecule has 2 atom stereocenters. The lowest BCUT2D eigenvalue weighted by molar-refractivity contribution is -0.915. The Balaban J connectivity index is 2.82. The van der Waals surface area contributed by atoms with Gasteiger partial charge in [0.25, 0.3) is 0 Å². The van der Waals surface area contributed by atoms with Crippen molar-refractivity contribution in [2.45, 2.75) is 26.0 Å². The van der Waals surface area contributed by atoms with E-state index in [4.69, 9.17) is 0 Å². The molecule has 0 aliphatic heterocycles. The summed E-state index contributed by atoms with van der Waals surface area (Å²) in [4.78, 5) is 0. The van der Waals surface area contributed by atoms with Crippen molar-refractivity contribution in [2.75, 3.05) is 20.6 Å². The van der Waals surface area contributed by atoms with Gasteiger partial charge in [-0.05, 0) is 19.4 Å². The Morgan fingerprint density at radius 1 is 1.20 bits per heavy atom. The molecule has 1 rings (SSSR count). The van der Waals surface area contributed by atoms with Gasteiger partial charge in [0.05, 0.1) is 20.6 Å². The zero-order valence-corrected chi connectivity index (χ0v) is 10.1. The molecule has 0 radical (unpaired) electrons. The Labute approximate surface area is 92.8 Å². The first-order chi connectivity index (χ1) is 6.99. The fourth-order valence-corrected chi connectivity index (χ4v) is 1.60. The van der Waals surface area contributed by atoms with Crippen LogP contribution in [0.5, 0.6) is 0 Å². The minimum atomic E-state index is -0.388. The maximum absolute atomic E-state index is 10.2. The highest BCUT2D eigenvalue weighted by Gasteiger charge is 2.29. The molecule has 0 amide bonds. The Bertz CT molecular complexity index is 295. The molecular weight excluding hydrogens is 186 g/mol. The third kappa shape index (κ3) is 2.80. The van der Waals surface area contributed by atoms with E-state index in [-0.39, 0.29) is 12.1 Å². The van der Waals surface area contributed by atoms with Crippen molar-refractivity contribution in [1.29, 1.82) is 0 Å². The zero-order chi connectivity index (χ0) is 11.5. The highest BCUT2D eigenvalue weighted by molar-refractivity contribution is 5.18. The normalized spacial score (nSPS) is 16.1. The Kier molecular flexibility index (Phi) is 3.89. The third-order valence-corrected chi connectivity index (χ3v) is 3.52. The number of likely N-dealkylation sites (N-methyl/N-ethyl adjacent to an activating group) is 1. The van der Waals surface area contributed by atoms with Gasteiger partial charge in [0.2, 0.25) is 0 Å². The second kappa shape index (κ2) is 4.77. The van der Waals surface area contributed by atoms with E-state index >= 15 is 0 Å². The Hall–Kier alpha value is -0.860. The number of rotatable bonds is 4. The van der Waals surface area contributed by atoms with Crippen LogP contribution >= 0.6 is 0 Å². The van der Waals surface area contributed by atoms with Crippen LogP contribution in [0.25, 0.3) is 0 Å². The van der Waals surface area contributed by atoms with Crippen LogP contribution in [-0.2, 0) is 0 Å². The lowest BCUT2D eigenvalue weighted by Gasteiger charge is -2.37. The highest BCUT2D eigenvalue weighted by atomic mass is 16.3. The largest absolute Gasteiger partial charge is 0.382 e. The number of nitrogens with zero attached hydrogens (tertiary/aromatic N) is 1. The van der Waals surface area contributed by atoms with Gasteiger partial charge in [-0.1, -0.05) is 30.3 Å². The molecule has 0 aliphatic rings. The average molecular weight is 208 g/mol. The smallest absolute Gasteiger partial charge is 0.130 e. The first kappa shape index (κ1) is 12.2. The van der Waals surface area contributed by atoms with E-state index in [1.807, 2.05) is 30.3 Å². The average Bonchev–Trinajstić information content (AvgIpc) is 2.28. The Morgan fingerprint density at radius 3 is 2.20 bits per heavy atom. The summed E-state index contributed by atoms with van der Waals surface area (Å²) in [6, 6.07) is 10.1. The fourth-order valence-electron chi connectivity index (χ4n) is 1.60. The van der Waals surface area contributed by atoms with Crippen molar-refractivity contribution in [3.05, 3.63) is 35.9 Å². The van der Waals surface area contributed by atoms with Crippen LogP contribution in [0.4, 0.5) is 0 Å². The van der Waals surface area contributed by atoms with Crippen LogP contribution in [0, 0.1) is 0 Å². The summed E-state index contributed by atoms with van der Waals surface area (Å²) >= 11 is 0. The first-order valence-corrected chi connectivity index (χ1v) is 5.54. The molecule has 0 heterocycles. The van der Waals surface area contributed by atoms with Crippen molar-refractivity contribution in [1.82, 2.24) is 0 Å². The van der Waals surface area contributed by atoms with Gasteiger partial charge >= 0.3 is 0 Å². The SMILES string of the molecule is CC[N+](C)(C)[C@@H](C)[C@H](O)c1ccccc1. The van der Waals surface area contributed by atoms with E-state index in [1.54, 1.807) is 0 Å².